The first kappa shape index (κ1) is 10.3. The first-order valence-electron chi connectivity index (χ1n) is 4.95. The van der Waals surface area contributed by atoms with E-state index in [4.69, 9.17) is 5.73 Å². The lowest BCUT2D eigenvalue weighted by Gasteiger charge is -2.21. The molecule has 1 amide bonds. The van der Waals surface area contributed by atoms with E-state index in [-0.39, 0.29) is 11.9 Å². The average Bonchev–Trinajstić information content (AvgIpc) is 2.18. The van der Waals surface area contributed by atoms with Crippen molar-refractivity contribution in [2.45, 2.75) is 44.7 Å². The molecule has 0 fully saturated rings. The van der Waals surface area contributed by atoms with Crippen LogP contribution in [0.4, 0.5) is 0 Å². The van der Waals surface area contributed by atoms with Crippen LogP contribution in [0.1, 0.15) is 32.6 Å². The Balaban J connectivity index is 2.31. The summed E-state index contributed by atoms with van der Waals surface area (Å²) in [5, 5.41) is 2.95. The Kier molecular flexibility index (Phi) is 3.96. The summed E-state index contributed by atoms with van der Waals surface area (Å²) < 4.78 is 0. The third-order valence-electron chi connectivity index (χ3n) is 2.39. The van der Waals surface area contributed by atoms with E-state index in [0.29, 0.717) is 12.5 Å². The van der Waals surface area contributed by atoms with Crippen molar-refractivity contribution in [2.24, 2.45) is 5.73 Å². The molecule has 2 unspecified atom stereocenters. The van der Waals surface area contributed by atoms with Crippen molar-refractivity contribution in [3.8, 4) is 0 Å². The van der Waals surface area contributed by atoms with Crippen LogP contribution in [0.3, 0.4) is 0 Å². The van der Waals surface area contributed by atoms with Crippen LogP contribution >= 0.6 is 0 Å². The van der Waals surface area contributed by atoms with Crippen molar-refractivity contribution in [3.05, 3.63) is 12.2 Å². The lowest BCUT2D eigenvalue weighted by Crippen LogP contribution is -2.45. The summed E-state index contributed by atoms with van der Waals surface area (Å²) in [5.41, 5.74) is 5.60. The molecule has 1 aliphatic carbocycles. The quantitative estimate of drug-likeness (QED) is 0.638. The molecule has 1 rings (SSSR count). The summed E-state index contributed by atoms with van der Waals surface area (Å²) in [6, 6.07) is -0.0407. The molecule has 0 aromatic heterocycles. The number of allylic oxidation sites excluding steroid dienone is 1. The predicted octanol–water partition coefficient (Wildman–Crippen LogP) is 0.949. The smallest absolute Gasteiger partial charge is 0.237 e. The minimum absolute atomic E-state index is 0.0113. The first-order chi connectivity index (χ1) is 6.24. The van der Waals surface area contributed by atoms with Gasteiger partial charge in [-0.05, 0) is 25.7 Å². The van der Waals surface area contributed by atoms with Gasteiger partial charge in [0.15, 0.2) is 0 Å². The fourth-order valence-electron chi connectivity index (χ4n) is 1.42. The molecule has 74 valence electrons. The van der Waals surface area contributed by atoms with E-state index in [9.17, 15) is 4.79 Å². The van der Waals surface area contributed by atoms with Crippen molar-refractivity contribution in [2.75, 3.05) is 0 Å². The number of nitrogens with one attached hydrogen (secondary N) is 1. The van der Waals surface area contributed by atoms with Crippen molar-refractivity contribution in [3.63, 3.8) is 0 Å². The largest absolute Gasteiger partial charge is 0.352 e. The highest BCUT2D eigenvalue weighted by atomic mass is 16.2. The molecule has 0 radical (unpaired) electrons. The number of rotatable bonds is 3. The number of hydrogen-bond acceptors (Lipinski definition) is 2. The molecule has 3 nitrogen and oxygen atoms in total. The van der Waals surface area contributed by atoms with Gasteiger partial charge in [0.2, 0.25) is 5.91 Å². The van der Waals surface area contributed by atoms with Gasteiger partial charge in [-0.2, -0.15) is 0 Å². The molecule has 0 saturated carbocycles. The molecule has 0 bridgehead atoms. The molecule has 1 aliphatic rings. The van der Waals surface area contributed by atoms with Crippen molar-refractivity contribution in [1.29, 1.82) is 0 Å². The average molecular weight is 182 g/mol. The van der Waals surface area contributed by atoms with E-state index in [2.05, 4.69) is 17.5 Å². The monoisotopic (exact) mass is 182 g/mol. The van der Waals surface area contributed by atoms with Crippen molar-refractivity contribution >= 4 is 5.91 Å². The summed E-state index contributed by atoms with van der Waals surface area (Å²) in [6.07, 6.45) is 8.02. The van der Waals surface area contributed by atoms with E-state index in [1.165, 1.54) is 0 Å². The zero-order chi connectivity index (χ0) is 9.68. The van der Waals surface area contributed by atoms with Crippen LogP contribution in [0.25, 0.3) is 0 Å². The van der Waals surface area contributed by atoms with Crippen molar-refractivity contribution < 1.29 is 4.79 Å². The number of nitrogens with two attached hydrogens (primary N) is 1. The van der Waals surface area contributed by atoms with Gasteiger partial charge >= 0.3 is 0 Å². The topological polar surface area (TPSA) is 55.1 Å². The molecule has 3 heteroatoms. The second-order valence-electron chi connectivity index (χ2n) is 3.50. The second kappa shape index (κ2) is 5.02. The Morgan fingerprint density at radius 1 is 1.69 bits per heavy atom. The Hall–Kier alpha value is -0.830. The standard InChI is InChI=1S/C10H18N2O/c1-2-9(11)10(13)12-8-6-4-3-5-7-8/h3-4,8-9H,2,5-7,11H2,1H3,(H,12,13). The van der Waals surface area contributed by atoms with Crippen LogP contribution in [0.2, 0.25) is 0 Å². The van der Waals surface area contributed by atoms with Crippen LogP contribution in [0, 0.1) is 0 Å². The van der Waals surface area contributed by atoms with Crippen LogP contribution in [-0.4, -0.2) is 18.0 Å². The Morgan fingerprint density at radius 3 is 3.00 bits per heavy atom. The molecule has 2 atom stereocenters. The highest BCUT2D eigenvalue weighted by Crippen LogP contribution is 2.10. The second-order valence-corrected chi connectivity index (χ2v) is 3.50. The van der Waals surface area contributed by atoms with Crippen LogP contribution < -0.4 is 11.1 Å². The van der Waals surface area contributed by atoms with Gasteiger partial charge in [-0.25, -0.2) is 0 Å². The van der Waals surface area contributed by atoms with Gasteiger partial charge in [-0.15, -0.1) is 0 Å². The maximum Gasteiger partial charge on any atom is 0.237 e. The molecule has 3 N–H and O–H groups in total. The number of hydrogen-bond donors (Lipinski definition) is 2. The van der Waals surface area contributed by atoms with Crippen LogP contribution in [0.15, 0.2) is 12.2 Å². The molecule has 0 aromatic carbocycles. The molecular weight excluding hydrogens is 164 g/mol. The normalized spacial score (nSPS) is 24.0. The minimum atomic E-state index is -0.342. The lowest BCUT2D eigenvalue weighted by atomic mass is 10.0. The fourth-order valence-corrected chi connectivity index (χ4v) is 1.42. The SMILES string of the molecule is CCC(N)C(=O)NC1CC=CCC1. The van der Waals surface area contributed by atoms with Crippen molar-refractivity contribution in [1.82, 2.24) is 5.32 Å². The number of carbonyl (C=O) groups excluding carboxylic acids is 1. The highest BCUT2D eigenvalue weighted by molar-refractivity contribution is 5.81. The molecule has 0 aliphatic heterocycles. The van der Waals surface area contributed by atoms with Gasteiger partial charge < -0.3 is 11.1 Å². The fraction of sp³-hybridized carbons (Fsp3) is 0.700. The zero-order valence-corrected chi connectivity index (χ0v) is 8.12. The molecule has 0 aromatic rings. The van der Waals surface area contributed by atoms with E-state index in [1.54, 1.807) is 0 Å². The zero-order valence-electron chi connectivity index (χ0n) is 8.12. The van der Waals surface area contributed by atoms with Gasteiger partial charge in [0.1, 0.15) is 0 Å². The molecule has 13 heavy (non-hydrogen) atoms. The predicted molar refractivity (Wildman–Crippen MR) is 53.2 cm³/mol. The van der Waals surface area contributed by atoms with Crippen LogP contribution in [0.5, 0.6) is 0 Å². The van der Waals surface area contributed by atoms with Gasteiger partial charge in [-0.1, -0.05) is 19.1 Å². The Morgan fingerprint density at radius 2 is 2.46 bits per heavy atom. The summed E-state index contributed by atoms with van der Waals surface area (Å²) in [7, 11) is 0. The third kappa shape index (κ3) is 3.19. The Labute approximate surface area is 79.4 Å². The van der Waals surface area contributed by atoms with E-state index in [1.807, 2.05) is 6.92 Å². The Bertz CT molecular complexity index is 201. The highest BCUT2D eigenvalue weighted by Gasteiger charge is 2.16. The van der Waals surface area contributed by atoms with Crippen LogP contribution in [-0.2, 0) is 4.79 Å². The van der Waals surface area contributed by atoms with E-state index in [0.717, 1.165) is 19.3 Å². The lowest BCUT2D eigenvalue weighted by molar-refractivity contribution is -0.123. The van der Waals surface area contributed by atoms with E-state index < -0.39 is 0 Å². The maximum atomic E-state index is 11.4. The van der Waals surface area contributed by atoms with Gasteiger partial charge in [0.25, 0.3) is 0 Å². The number of amides is 1. The summed E-state index contributed by atoms with van der Waals surface area (Å²) in [6.45, 7) is 1.92. The van der Waals surface area contributed by atoms with Gasteiger partial charge in [0, 0.05) is 6.04 Å². The minimum Gasteiger partial charge on any atom is -0.352 e. The van der Waals surface area contributed by atoms with Gasteiger partial charge in [-0.3, -0.25) is 4.79 Å². The number of carbonyl (C=O) groups is 1. The maximum absolute atomic E-state index is 11.4. The molecule has 0 spiro atoms. The third-order valence-corrected chi connectivity index (χ3v) is 2.39. The van der Waals surface area contributed by atoms with E-state index >= 15 is 0 Å². The molecule has 0 saturated heterocycles. The first-order valence-corrected chi connectivity index (χ1v) is 4.95. The summed E-state index contributed by atoms with van der Waals surface area (Å²) in [5.74, 6) is -0.0113. The molecule has 0 heterocycles. The molecular formula is C10H18N2O. The summed E-state index contributed by atoms with van der Waals surface area (Å²) in [4.78, 5) is 11.4. The summed E-state index contributed by atoms with van der Waals surface area (Å²) >= 11 is 0. The van der Waals surface area contributed by atoms with Gasteiger partial charge in [0.05, 0.1) is 6.04 Å².